The van der Waals surface area contributed by atoms with E-state index in [9.17, 15) is 26.3 Å². The van der Waals surface area contributed by atoms with Crippen molar-refractivity contribution in [3.8, 4) is 0 Å². The summed E-state index contributed by atoms with van der Waals surface area (Å²) < 4.78 is 47.0. The fourth-order valence-corrected chi connectivity index (χ4v) is 3.11. The lowest BCUT2D eigenvalue weighted by Gasteiger charge is -2.18. The fraction of sp³-hybridized carbons (Fsp3) is 0.333. The molecule has 1 N–H and O–H groups in total. The normalized spacial score (nSPS) is 19.0. The maximum absolute atomic E-state index is 13.1. The van der Waals surface area contributed by atoms with Crippen molar-refractivity contribution in [2.24, 2.45) is 5.92 Å². The van der Waals surface area contributed by atoms with Gasteiger partial charge < -0.3 is 10.0 Å². The number of halogens is 2. The monoisotopic (exact) mass is 319 g/mol. The van der Waals surface area contributed by atoms with Gasteiger partial charge in [0, 0.05) is 18.9 Å². The molecule has 1 aliphatic rings. The molecular formula is C12H11F2NO5S. The Kier molecular flexibility index (Phi) is 3.95. The minimum Gasteiger partial charge on any atom is -0.478 e. The Morgan fingerprint density at radius 3 is 2.67 bits per heavy atom. The number of nitrogens with zero attached hydrogens (tertiary/aromatic N) is 1. The van der Waals surface area contributed by atoms with Gasteiger partial charge in [-0.3, -0.25) is 4.79 Å². The zero-order valence-corrected chi connectivity index (χ0v) is 11.4. The van der Waals surface area contributed by atoms with Crippen LogP contribution in [0.5, 0.6) is 0 Å². The van der Waals surface area contributed by atoms with Gasteiger partial charge >= 0.3 is 16.2 Å². The van der Waals surface area contributed by atoms with Gasteiger partial charge in [-0.1, -0.05) is 0 Å². The fourth-order valence-electron chi connectivity index (χ4n) is 2.32. The summed E-state index contributed by atoms with van der Waals surface area (Å²) in [5.41, 5.74) is -0.445. The third-order valence-electron chi connectivity index (χ3n) is 3.12. The number of carbonyl (C=O) groups excluding carboxylic acids is 1. The Balaban J connectivity index is 2.31. The van der Waals surface area contributed by atoms with Crippen molar-refractivity contribution in [3.63, 3.8) is 0 Å². The SMILES string of the molecule is O=C(O)c1cc(F)ccc1N1CC(CS(=O)(=O)F)CC1=O. The van der Waals surface area contributed by atoms with Crippen LogP contribution in [0.25, 0.3) is 0 Å². The van der Waals surface area contributed by atoms with Gasteiger partial charge in [0.2, 0.25) is 5.91 Å². The Bertz CT molecular complexity index is 704. The molecule has 1 aromatic carbocycles. The first kappa shape index (κ1) is 15.4. The number of carboxylic acid groups (broad SMARTS) is 1. The van der Waals surface area contributed by atoms with Gasteiger partial charge in [0.1, 0.15) is 5.82 Å². The first-order valence-electron chi connectivity index (χ1n) is 5.93. The number of carbonyl (C=O) groups is 2. The topological polar surface area (TPSA) is 91.8 Å². The Labute approximate surface area is 119 Å². The van der Waals surface area contributed by atoms with Crippen LogP contribution in [0, 0.1) is 11.7 Å². The molecular weight excluding hydrogens is 308 g/mol. The average Bonchev–Trinajstić information content (AvgIpc) is 2.67. The summed E-state index contributed by atoms with van der Waals surface area (Å²) in [6.45, 7) is -0.131. The van der Waals surface area contributed by atoms with Gasteiger partial charge in [-0.25, -0.2) is 9.18 Å². The van der Waals surface area contributed by atoms with Crippen LogP contribution in [0.2, 0.25) is 0 Å². The predicted molar refractivity (Wildman–Crippen MR) is 68.7 cm³/mol. The summed E-state index contributed by atoms with van der Waals surface area (Å²) in [7, 11) is -4.72. The lowest BCUT2D eigenvalue weighted by Crippen LogP contribution is -2.27. The third-order valence-corrected chi connectivity index (χ3v) is 3.99. The van der Waals surface area contributed by atoms with Crippen LogP contribution in [-0.4, -0.2) is 37.7 Å². The number of amides is 1. The summed E-state index contributed by atoms with van der Waals surface area (Å²) in [5.74, 6) is -4.29. The minimum atomic E-state index is -4.72. The van der Waals surface area contributed by atoms with Gasteiger partial charge in [-0.15, -0.1) is 3.89 Å². The van der Waals surface area contributed by atoms with E-state index < -0.39 is 45.2 Å². The molecule has 2 rings (SSSR count). The van der Waals surface area contributed by atoms with Crippen molar-refractivity contribution in [2.75, 3.05) is 17.2 Å². The van der Waals surface area contributed by atoms with Crippen molar-refractivity contribution in [3.05, 3.63) is 29.6 Å². The van der Waals surface area contributed by atoms with Gasteiger partial charge in [0.15, 0.2) is 0 Å². The number of rotatable bonds is 4. The maximum atomic E-state index is 13.1. The molecule has 0 radical (unpaired) electrons. The molecule has 1 aromatic rings. The summed E-state index contributed by atoms with van der Waals surface area (Å²) in [6, 6.07) is 2.89. The van der Waals surface area contributed by atoms with Crippen LogP contribution in [0.3, 0.4) is 0 Å². The molecule has 9 heteroatoms. The van der Waals surface area contributed by atoms with E-state index in [0.29, 0.717) is 0 Å². The van der Waals surface area contributed by atoms with E-state index in [1.165, 1.54) is 0 Å². The van der Waals surface area contributed by atoms with Crippen molar-refractivity contribution < 1.29 is 31.4 Å². The summed E-state index contributed by atoms with van der Waals surface area (Å²) >= 11 is 0. The van der Waals surface area contributed by atoms with Gasteiger partial charge in [0.25, 0.3) is 0 Å². The van der Waals surface area contributed by atoms with Gasteiger partial charge in [-0.2, -0.15) is 8.42 Å². The summed E-state index contributed by atoms with van der Waals surface area (Å²) in [4.78, 5) is 24.0. The Morgan fingerprint density at radius 2 is 2.10 bits per heavy atom. The number of hydrogen-bond acceptors (Lipinski definition) is 4. The van der Waals surface area contributed by atoms with E-state index >= 15 is 0 Å². The van der Waals surface area contributed by atoms with Gasteiger partial charge in [0.05, 0.1) is 17.0 Å². The number of carboxylic acids is 1. The summed E-state index contributed by atoms with van der Waals surface area (Å²) in [6.07, 6.45) is -0.209. The molecule has 1 aliphatic heterocycles. The van der Waals surface area contributed by atoms with E-state index in [-0.39, 0.29) is 18.7 Å². The van der Waals surface area contributed by atoms with Crippen LogP contribution >= 0.6 is 0 Å². The molecule has 1 unspecified atom stereocenters. The molecule has 1 saturated heterocycles. The number of aromatic carboxylic acids is 1. The van der Waals surface area contributed by atoms with Crippen LogP contribution < -0.4 is 4.90 Å². The lowest BCUT2D eigenvalue weighted by atomic mass is 10.1. The Hall–Kier alpha value is -2.03. The molecule has 0 bridgehead atoms. The van der Waals surface area contributed by atoms with Crippen molar-refractivity contribution in [1.82, 2.24) is 0 Å². The third kappa shape index (κ3) is 3.54. The van der Waals surface area contributed by atoms with Crippen LogP contribution in [-0.2, 0) is 15.0 Å². The zero-order chi connectivity index (χ0) is 15.8. The molecule has 0 aliphatic carbocycles. The second-order valence-electron chi connectivity index (χ2n) is 4.75. The van der Waals surface area contributed by atoms with E-state index in [2.05, 4.69) is 0 Å². The largest absolute Gasteiger partial charge is 0.478 e. The van der Waals surface area contributed by atoms with E-state index in [1.807, 2.05) is 0 Å². The highest BCUT2D eigenvalue weighted by Gasteiger charge is 2.35. The van der Waals surface area contributed by atoms with E-state index in [4.69, 9.17) is 5.11 Å². The van der Waals surface area contributed by atoms with Gasteiger partial charge in [-0.05, 0) is 18.2 Å². The van der Waals surface area contributed by atoms with E-state index in [0.717, 1.165) is 23.1 Å². The maximum Gasteiger partial charge on any atom is 0.337 e. The van der Waals surface area contributed by atoms with Crippen molar-refractivity contribution >= 4 is 27.8 Å². The first-order chi connectivity index (χ1) is 9.67. The zero-order valence-electron chi connectivity index (χ0n) is 10.6. The van der Waals surface area contributed by atoms with E-state index in [1.54, 1.807) is 0 Å². The molecule has 6 nitrogen and oxygen atoms in total. The molecule has 0 saturated carbocycles. The number of benzene rings is 1. The highest BCUT2D eigenvalue weighted by atomic mass is 32.3. The molecule has 21 heavy (non-hydrogen) atoms. The number of anilines is 1. The minimum absolute atomic E-state index is 0.0346. The quantitative estimate of drug-likeness (QED) is 0.841. The molecule has 0 aromatic heterocycles. The van der Waals surface area contributed by atoms with Crippen molar-refractivity contribution in [1.29, 1.82) is 0 Å². The molecule has 114 valence electrons. The average molecular weight is 319 g/mol. The standard InChI is InChI=1S/C12H11F2NO5S/c13-8-1-2-10(9(4-8)12(17)18)15-5-7(3-11(15)16)6-21(14,19)20/h1-2,4,7H,3,5-6H2,(H,17,18). The highest BCUT2D eigenvalue weighted by molar-refractivity contribution is 7.86. The predicted octanol–water partition coefficient (Wildman–Crippen LogP) is 1.18. The number of hydrogen-bond donors (Lipinski definition) is 1. The second-order valence-corrected chi connectivity index (χ2v) is 6.16. The Morgan fingerprint density at radius 1 is 1.43 bits per heavy atom. The van der Waals surface area contributed by atoms with Crippen LogP contribution in [0.4, 0.5) is 14.0 Å². The second kappa shape index (κ2) is 5.40. The molecule has 1 atom stereocenters. The first-order valence-corrected chi connectivity index (χ1v) is 7.48. The molecule has 1 fully saturated rings. The van der Waals surface area contributed by atoms with Crippen LogP contribution in [0.15, 0.2) is 18.2 Å². The highest BCUT2D eigenvalue weighted by Crippen LogP contribution is 2.29. The molecule has 1 heterocycles. The summed E-state index contributed by atoms with van der Waals surface area (Å²) in [5, 5.41) is 9.03. The lowest BCUT2D eigenvalue weighted by molar-refractivity contribution is -0.117. The molecule has 0 spiro atoms. The van der Waals surface area contributed by atoms with Crippen molar-refractivity contribution in [2.45, 2.75) is 6.42 Å². The smallest absolute Gasteiger partial charge is 0.337 e. The van der Waals surface area contributed by atoms with Crippen LogP contribution in [0.1, 0.15) is 16.8 Å². The molecule has 1 amide bonds.